The summed E-state index contributed by atoms with van der Waals surface area (Å²) in [5, 5.41) is 12.9. The number of aliphatic hydroxyl groups excluding tert-OH is 1. The van der Waals surface area contributed by atoms with Crippen LogP contribution in [0, 0.1) is 5.92 Å². The van der Waals surface area contributed by atoms with Crippen molar-refractivity contribution >= 4 is 15.5 Å². The van der Waals surface area contributed by atoms with Gasteiger partial charge in [0.1, 0.15) is 0 Å². The van der Waals surface area contributed by atoms with Gasteiger partial charge in [-0.3, -0.25) is 0 Å². The molecular weight excluding hydrogens is 250 g/mol. The fourth-order valence-corrected chi connectivity index (χ4v) is 3.30. The predicted octanol–water partition coefficient (Wildman–Crippen LogP) is 1.66. The van der Waals surface area contributed by atoms with E-state index in [1.807, 2.05) is 6.07 Å². The summed E-state index contributed by atoms with van der Waals surface area (Å²) in [6.07, 6.45) is 3.83. The lowest BCUT2D eigenvalue weighted by Crippen LogP contribution is -2.22. The van der Waals surface area contributed by atoms with E-state index in [0.717, 1.165) is 19.3 Å². The third-order valence-corrected chi connectivity index (χ3v) is 4.62. The van der Waals surface area contributed by atoms with Crippen molar-refractivity contribution < 1.29 is 13.5 Å². The number of nitrogens with one attached hydrogen (secondary N) is 1. The summed E-state index contributed by atoms with van der Waals surface area (Å²) in [7, 11) is -3.22. The highest BCUT2D eigenvalue weighted by atomic mass is 32.2. The van der Waals surface area contributed by atoms with Crippen molar-refractivity contribution in [2.45, 2.75) is 30.3 Å². The largest absolute Gasteiger partial charge is 0.393 e. The molecule has 5 heteroatoms. The Bertz CT molecular complexity index is 513. The van der Waals surface area contributed by atoms with Crippen molar-refractivity contribution in [3.63, 3.8) is 0 Å². The highest BCUT2D eigenvalue weighted by molar-refractivity contribution is 7.90. The summed E-state index contributed by atoms with van der Waals surface area (Å²) in [6.45, 7) is 0.619. The number of sulfone groups is 1. The van der Waals surface area contributed by atoms with Crippen molar-refractivity contribution in [1.29, 1.82) is 0 Å². The third-order valence-electron chi connectivity index (χ3n) is 3.46. The van der Waals surface area contributed by atoms with Crippen LogP contribution in [0.15, 0.2) is 29.2 Å². The summed E-state index contributed by atoms with van der Waals surface area (Å²) < 4.78 is 23.2. The Kier molecular flexibility index (Phi) is 3.92. The van der Waals surface area contributed by atoms with Crippen LogP contribution in [-0.4, -0.2) is 32.4 Å². The van der Waals surface area contributed by atoms with Gasteiger partial charge >= 0.3 is 0 Å². The highest BCUT2D eigenvalue weighted by Gasteiger charge is 2.25. The summed E-state index contributed by atoms with van der Waals surface area (Å²) in [4.78, 5) is 0.317. The summed E-state index contributed by atoms with van der Waals surface area (Å²) >= 11 is 0. The van der Waals surface area contributed by atoms with E-state index in [1.165, 1.54) is 6.26 Å². The van der Waals surface area contributed by atoms with Crippen LogP contribution < -0.4 is 5.32 Å². The van der Waals surface area contributed by atoms with Crippen molar-refractivity contribution in [1.82, 2.24) is 0 Å². The standard InChI is InChI=1S/C13H19NO3S/c1-18(16,17)13-8-3-2-6-11(13)14-9-10-5-4-7-12(10)15/h2-3,6,8,10,12,14-15H,4-5,7,9H2,1H3. The Balaban J connectivity index is 2.10. The molecule has 1 aliphatic rings. The predicted molar refractivity (Wildman–Crippen MR) is 71.4 cm³/mol. The molecule has 0 aromatic heterocycles. The molecule has 0 aliphatic heterocycles. The molecule has 1 saturated carbocycles. The fourth-order valence-electron chi connectivity index (χ4n) is 2.43. The second-order valence-corrected chi connectivity index (χ2v) is 6.89. The number of hydrogen-bond acceptors (Lipinski definition) is 4. The summed E-state index contributed by atoms with van der Waals surface area (Å²) in [5.74, 6) is 0.220. The van der Waals surface area contributed by atoms with Crippen molar-refractivity contribution in [2.24, 2.45) is 5.92 Å². The minimum Gasteiger partial charge on any atom is -0.393 e. The summed E-state index contributed by atoms with van der Waals surface area (Å²) in [6, 6.07) is 6.88. The maximum atomic E-state index is 11.6. The number of hydrogen-bond donors (Lipinski definition) is 2. The van der Waals surface area contributed by atoms with Crippen LogP contribution in [0.3, 0.4) is 0 Å². The van der Waals surface area contributed by atoms with Gasteiger partial charge in [0, 0.05) is 18.7 Å². The molecule has 0 saturated heterocycles. The van der Waals surface area contributed by atoms with Crippen molar-refractivity contribution in [2.75, 3.05) is 18.1 Å². The Morgan fingerprint density at radius 1 is 1.33 bits per heavy atom. The highest BCUT2D eigenvalue weighted by Crippen LogP contribution is 2.27. The van der Waals surface area contributed by atoms with Crippen LogP contribution >= 0.6 is 0 Å². The van der Waals surface area contributed by atoms with E-state index in [4.69, 9.17) is 0 Å². The Hall–Kier alpha value is -1.07. The topological polar surface area (TPSA) is 66.4 Å². The molecule has 0 spiro atoms. The Morgan fingerprint density at radius 3 is 2.67 bits per heavy atom. The van der Waals surface area contributed by atoms with E-state index in [-0.39, 0.29) is 12.0 Å². The zero-order valence-electron chi connectivity index (χ0n) is 10.5. The molecule has 0 radical (unpaired) electrons. The molecule has 1 aliphatic carbocycles. The van der Waals surface area contributed by atoms with E-state index in [9.17, 15) is 13.5 Å². The van der Waals surface area contributed by atoms with Gasteiger partial charge in [-0.05, 0) is 25.0 Å². The quantitative estimate of drug-likeness (QED) is 0.872. The van der Waals surface area contributed by atoms with Gasteiger partial charge in [-0.1, -0.05) is 18.6 Å². The lowest BCUT2D eigenvalue weighted by Gasteiger charge is -2.17. The van der Waals surface area contributed by atoms with Gasteiger partial charge in [-0.15, -0.1) is 0 Å². The molecule has 1 fully saturated rings. The maximum Gasteiger partial charge on any atom is 0.177 e. The van der Waals surface area contributed by atoms with Crippen LogP contribution in [-0.2, 0) is 9.84 Å². The molecule has 1 aromatic carbocycles. The molecule has 0 heterocycles. The van der Waals surface area contributed by atoms with E-state index >= 15 is 0 Å². The Labute approximate surface area is 108 Å². The molecular formula is C13H19NO3S. The first-order valence-corrected chi connectivity index (χ1v) is 8.08. The van der Waals surface area contributed by atoms with Gasteiger partial charge < -0.3 is 10.4 Å². The van der Waals surface area contributed by atoms with E-state index < -0.39 is 9.84 Å². The maximum absolute atomic E-state index is 11.6. The molecule has 1 aromatic rings. The van der Waals surface area contributed by atoms with Crippen LogP contribution in [0.4, 0.5) is 5.69 Å². The molecule has 2 rings (SSSR count). The van der Waals surface area contributed by atoms with Crippen molar-refractivity contribution in [3.05, 3.63) is 24.3 Å². The molecule has 18 heavy (non-hydrogen) atoms. The van der Waals surface area contributed by atoms with Gasteiger partial charge in [0.2, 0.25) is 0 Å². The summed E-state index contributed by atoms with van der Waals surface area (Å²) in [5.41, 5.74) is 0.624. The fraction of sp³-hybridized carbons (Fsp3) is 0.538. The third kappa shape index (κ3) is 3.03. The van der Waals surface area contributed by atoms with Gasteiger partial charge in [-0.2, -0.15) is 0 Å². The van der Waals surface area contributed by atoms with E-state index in [2.05, 4.69) is 5.32 Å². The van der Waals surface area contributed by atoms with Gasteiger partial charge in [-0.25, -0.2) is 8.42 Å². The molecule has 4 nitrogen and oxygen atoms in total. The first-order valence-electron chi connectivity index (χ1n) is 6.19. The first kappa shape index (κ1) is 13.4. The molecule has 100 valence electrons. The van der Waals surface area contributed by atoms with Crippen LogP contribution in [0.25, 0.3) is 0 Å². The van der Waals surface area contributed by atoms with Gasteiger partial charge in [0.05, 0.1) is 16.7 Å². The number of benzene rings is 1. The second kappa shape index (κ2) is 5.28. The second-order valence-electron chi connectivity index (χ2n) is 4.91. The van der Waals surface area contributed by atoms with Crippen LogP contribution in [0.1, 0.15) is 19.3 Å². The minimum absolute atomic E-state index is 0.220. The van der Waals surface area contributed by atoms with Crippen LogP contribution in [0.2, 0.25) is 0 Å². The van der Waals surface area contributed by atoms with Crippen LogP contribution in [0.5, 0.6) is 0 Å². The smallest absolute Gasteiger partial charge is 0.177 e. The molecule has 2 N–H and O–H groups in total. The normalized spacial score (nSPS) is 24.1. The molecule has 0 amide bonds. The van der Waals surface area contributed by atoms with Crippen molar-refractivity contribution in [3.8, 4) is 0 Å². The zero-order valence-corrected chi connectivity index (χ0v) is 11.3. The Morgan fingerprint density at radius 2 is 2.06 bits per heavy atom. The average Bonchev–Trinajstić information content (AvgIpc) is 2.71. The van der Waals surface area contributed by atoms with Gasteiger partial charge in [0.15, 0.2) is 9.84 Å². The van der Waals surface area contributed by atoms with E-state index in [1.54, 1.807) is 18.2 Å². The first-order chi connectivity index (χ1) is 8.48. The zero-order chi connectivity index (χ0) is 13.2. The number of anilines is 1. The van der Waals surface area contributed by atoms with E-state index in [0.29, 0.717) is 17.1 Å². The molecule has 2 unspecified atom stereocenters. The molecule has 2 atom stereocenters. The lowest BCUT2D eigenvalue weighted by atomic mass is 10.1. The monoisotopic (exact) mass is 269 g/mol. The van der Waals surface area contributed by atoms with Gasteiger partial charge in [0.25, 0.3) is 0 Å². The number of rotatable bonds is 4. The SMILES string of the molecule is CS(=O)(=O)c1ccccc1NCC1CCCC1O. The number of para-hydroxylation sites is 1. The minimum atomic E-state index is -3.22. The average molecular weight is 269 g/mol. The molecule has 0 bridgehead atoms. The lowest BCUT2D eigenvalue weighted by molar-refractivity contribution is 0.138. The number of aliphatic hydroxyl groups is 1.